The Kier molecular flexibility index (Phi) is 2.18. The Morgan fingerprint density at radius 3 is 2.94 bits per heavy atom. The molecule has 3 rings (SSSR count). The number of hydrogen-bond acceptors (Lipinski definition) is 2. The van der Waals surface area contributed by atoms with E-state index in [1.165, 1.54) is 6.33 Å². The average molecular weight is 231 g/mol. The minimum atomic E-state index is -0.509. The lowest BCUT2D eigenvalue weighted by molar-refractivity contribution is -0.116. The number of carbonyl (C=O) groups excluding carboxylic acids is 1. The number of nitrogens with zero attached hydrogens (tertiary/aromatic N) is 1. The molecule has 0 aliphatic carbocycles. The Labute approximate surface area is 96.9 Å². The lowest BCUT2D eigenvalue weighted by Crippen LogP contribution is -2.18. The quantitative estimate of drug-likeness (QED) is 0.789. The number of aryl methyl sites for hydroxylation is 1. The fourth-order valence-corrected chi connectivity index (χ4v) is 2.02. The van der Waals surface area contributed by atoms with Gasteiger partial charge in [-0.05, 0) is 24.1 Å². The van der Waals surface area contributed by atoms with Crippen molar-refractivity contribution in [3.8, 4) is 11.3 Å². The summed E-state index contributed by atoms with van der Waals surface area (Å²) in [6.07, 6.45) is 2.48. The van der Waals surface area contributed by atoms with Gasteiger partial charge in [0.25, 0.3) is 0 Å². The highest BCUT2D eigenvalue weighted by atomic mass is 19.1. The van der Waals surface area contributed by atoms with Gasteiger partial charge in [0.1, 0.15) is 5.69 Å². The fraction of sp³-hybridized carbons (Fsp3) is 0.167. The van der Waals surface area contributed by atoms with Crippen LogP contribution in [-0.4, -0.2) is 15.9 Å². The molecule has 4 nitrogen and oxygen atoms in total. The third kappa shape index (κ3) is 1.69. The predicted molar refractivity (Wildman–Crippen MR) is 60.9 cm³/mol. The molecule has 1 aliphatic rings. The predicted octanol–water partition coefficient (Wildman–Crippen LogP) is 2.10. The molecule has 17 heavy (non-hydrogen) atoms. The molecule has 0 spiro atoms. The van der Waals surface area contributed by atoms with Crippen LogP contribution in [0.1, 0.15) is 12.0 Å². The maximum Gasteiger partial charge on any atom is 0.238 e. The Morgan fingerprint density at radius 2 is 2.18 bits per heavy atom. The van der Waals surface area contributed by atoms with Gasteiger partial charge in [0, 0.05) is 17.7 Å². The lowest BCUT2D eigenvalue weighted by atomic mass is 9.99. The van der Waals surface area contributed by atoms with E-state index in [9.17, 15) is 9.18 Å². The molecule has 2 heterocycles. The molecule has 5 heteroatoms. The summed E-state index contributed by atoms with van der Waals surface area (Å²) in [6, 6.07) is 5.44. The maximum atomic E-state index is 13.3. The van der Waals surface area contributed by atoms with E-state index in [-0.39, 0.29) is 5.91 Å². The van der Waals surface area contributed by atoms with Crippen molar-refractivity contribution in [1.29, 1.82) is 0 Å². The molecule has 0 radical (unpaired) electrons. The normalized spacial score (nSPS) is 14.3. The molecule has 0 bridgehead atoms. The number of imidazole rings is 1. The standard InChI is InChI=1S/C12H10FN3O/c13-12-11(14-6-15-12)8-1-3-9-7(5-8)2-4-10(17)16-9/h1,3,5-6H,2,4H2,(H,14,15)(H,16,17). The van der Waals surface area contributed by atoms with Crippen molar-refractivity contribution >= 4 is 11.6 Å². The largest absolute Gasteiger partial charge is 0.342 e. The number of fused-ring (bicyclic) bond motifs is 1. The Morgan fingerprint density at radius 1 is 1.29 bits per heavy atom. The van der Waals surface area contributed by atoms with Crippen molar-refractivity contribution in [1.82, 2.24) is 9.97 Å². The highest BCUT2D eigenvalue weighted by Crippen LogP contribution is 2.28. The first-order valence-corrected chi connectivity index (χ1v) is 5.36. The van der Waals surface area contributed by atoms with E-state index in [0.29, 0.717) is 18.5 Å². The molecule has 2 N–H and O–H groups in total. The molecule has 1 aliphatic heterocycles. The number of halogens is 1. The van der Waals surface area contributed by atoms with E-state index in [0.717, 1.165) is 16.8 Å². The third-order valence-corrected chi connectivity index (χ3v) is 2.88. The topological polar surface area (TPSA) is 57.8 Å². The molecule has 1 amide bonds. The molecule has 1 aromatic heterocycles. The van der Waals surface area contributed by atoms with Crippen LogP contribution in [0, 0.1) is 5.95 Å². The minimum absolute atomic E-state index is 0.0259. The summed E-state index contributed by atoms with van der Waals surface area (Å²) in [4.78, 5) is 17.5. The molecule has 0 fully saturated rings. The van der Waals surface area contributed by atoms with Crippen LogP contribution in [0.2, 0.25) is 0 Å². The maximum absolute atomic E-state index is 13.3. The van der Waals surface area contributed by atoms with Gasteiger partial charge in [-0.1, -0.05) is 6.07 Å². The Bertz CT molecular complexity index is 591. The molecule has 1 aromatic carbocycles. The second-order valence-corrected chi connectivity index (χ2v) is 3.99. The molecular formula is C12H10FN3O. The summed E-state index contributed by atoms with van der Waals surface area (Å²) in [5, 5.41) is 2.79. The van der Waals surface area contributed by atoms with E-state index >= 15 is 0 Å². The Balaban J connectivity index is 2.05. The highest BCUT2D eigenvalue weighted by molar-refractivity contribution is 5.94. The monoisotopic (exact) mass is 231 g/mol. The van der Waals surface area contributed by atoms with Gasteiger partial charge in [0.15, 0.2) is 0 Å². The van der Waals surface area contributed by atoms with Gasteiger partial charge in [-0.25, -0.2) is 4.98 Å². The van der Waals surface area contributed by atoms with Crippen LogP contribution in [0.25, 0.3) is 11.3 Å². The summed E-state index contributed by atoms with van der Waals surface area (Å²) >= 11 is 0. The number of hydrogen-bond donors (Lipinski definition) is 2. The van der Waals surface area contributed by atoms with E-state index in [1.54, 1.807) is 12.1 Å². The summed E-state index contributed by atoms with van der Waals surface area (Å²) in [5.41, 5.74) is 2.96. The van der Waals surface area contributed by atoms with Crippen molar-refractivity contribution < 1.29 is 9.18 Å². The number of carbonyl (C=O) groups is 1. The summed E-state index contributed by atoms with van der Waals surface area (Å²) in [6.45, 7) is 0. The smallest absolute Gasteiger partial charge is 0.238 e. The first-order valence-electron chi connectivity index (χ1n) is 5.36. The van der Waals surface area contributed by atoms with Gasteiger partial charge in [0.05, 0.1) is 6.33 Å². The third-order valence-electron chi connectivity index (χ3n) is 2.88. The van der Waals surface area contributed by atoms with Gasteiger partial charge in [0.2, 0.25) is 11.9 Å². The Hall–Kier alpha value is -2.17. The second-order valence-electron chi connectivity index (χ2n) is 3.99. The van der Waals surface area contributed by atoms with Gasteiger partial charge < -0.3 is 10.3 Å². The van der Waals surface area contributed by atoms with Crippen LogP contribution < -0.4 is 5.32 Å². The minimum Gasteiger partial charge on any atom is -0.342 e. The number of rotatable bonds is 1. The first kappa shape index (κ1) is 10.0. The number of nitrogens with one attached hydrogen (secondary N) is 2. The zero-order valence-electron chi connectivity index (χ0n) is 8.96. The van der Waals surface area contributed by atoms with Gasteiger partial charge in [-0.15, -0.1) is 0 Å². The number of aromatic nitrogens is 2. The summed E-state index contributed by atoms with van der Waals surface area (Å²) < 4.78 is 13.3. The van der Waals surface area contributed by atoms with E-state index in [4.69, 9.17) is 0 Å². The van der Waals surface area contributed by atoms with Crippen molar-refractivity contribution in [3.05, 3.63) is 36.0 Å². The molecule has 2 aromatic rings. The van der Waals surface area contributed by atoms with Crippen LogP contribution in [0.15, 0.2) is 24.5 Å². The van der Waals surface area contributed by atoms with Gasteiger partial charge in [-0.3, -0.25) is 4.79 Å². The van der Waals surface area contributed by atoms with E-state index in [1.807, 2.05) is 6.07 Å². The van der Waals surface area contributed by atoms with Crippen LogP contribution >= 0.6 is 0 Å². The SMILES string of the molecule is O=C1CCc2cc(-c3[nH]cnc3F)ccc2N1. The van der Waals surface area contributed by atoms with Crippen LogP contribution in [0.4, 0.5) is 10.1 Å². The number of amides is 1. The van der Waals surface area contributed by atoms with Crippen LogP contribution in [0.3, 0.4) is 0 Å². The number of H-pyrrole nitrogens is 1. The molecule has 0 saturated carbocycles. The molecular weight excluding hydrogens is 221 g/mol. The first-order chi connectivity index (χ1) is 8.24. The van der Waals surface area contributed by atoms with Crippen molar-refractivity contribution in [3.63, 3.8) is 0 Å². The summed E-state index contributed by atoms with van der Waals surface area (Å²) in [7, 11) is 0. The van der Waals surface area contributed by atoms with E-state index in [2.05, 4.69) is 15.3 Å². The lowest BCUT2D eigenvalue weighted by Gasteiger charge is -2.17. The molecule has 0 unspecified atom stereocenters. The van der Waals surface area contributed by atoms with Gasteiger partial charge >= 0.3 is 0 Å². The second kappa shape index (κ2) is 3.69. The van der Waals surface area contributed by atoms with Crippen LogP contribution in [0.5, 0.6) is 0 Å². The fourth-order valence-electron chi connectivity index (χ4n) is 2.02. The molecule has 0 saturated heterocycles. The van der Waals surface area contributed by atoms with Gasteiger partial charge in [-0.2, -0.15) is 4.39 Å². The van der Waals surface area contributed by atoms with Crippen molar-refractivity contribution in [2.24, 2.45) is 0 Å². The average Bonchev–Trinajstić information content (AvgIpc) is 2.75. The number of aromatic amines is 1. The number of anilines is 1. The molecule has 0 atom stereocenters. The zero-order chi connectivity index (χ0) is 11.8. The highest BCUT2D eigenvalue weighted by Gasteiger charge is 2.16. The molecule has 86 valence electrons. The van der Waals surface area contributed by atoms with Crippen molar-refractivity contribution in [2.75, 3.05) is 5.32 Å². The number of benzene rings is 1. The van der Waals surface area contributed by atoms with Crippen LogP contribution in [-0.2, 0) is 11.2 Å². The van der Waals surface area contributed by atoms with Crippen molar-refractivity contribution in [2.45, 2.75) is 12.8 Å². The summed E-state index contributed by atoms with van der Waals surface area (Å²) in [5.74, 6) is -0.484. The zero-order valence-corrected chi connectivity index (χ0v) is 8.96. The van der Waals surface area contributed by atoms with E-state index < -0.39 is 5.95 Å².